The Labute approximate surface area is 159 Å². The van der Waals surface area contributed by atoms with Crippen LogP contribution in [0.4, 0.5) is 5.69 Å². The van der Waals surface area contributed by atoms with Gasteiger partial charge >= 0.3 is 0 Å². The van der Waals surface area contributed by atoms with Gasteiger partial charge in [0.1, 0.15) is 12.4 Å². The van der Waals surface area contributed by atoms with Gasteiger partial charge in [-0.05, 0) is 64.0 Å². The molecule has 1 N–H and O–H groups in total. The maximum atomic E-state index is 11.7. The molecule has 128 valence electrons. The van der Waals surface area contributed by atoms with Crippen LogP contribution >= 0.6 is 27.5 Å². The summed E-state index contributed by atoms with van der Waals surface area (Å²) in [6, 6.07) is 12.1. The Morgan fingerprint density at radius 1 is 1.32 bits per heavy atom. The molecule has 0 spiro atoms. The zero-order valence-corrected chi connectivity index (χ0v) is 15.4. The van der Waals surface area contributed by atoms with E-state index in [1.165, 1.54) is 6.21 Å². The van der Waals surface area contributed by atoms with Gasteiger partial charge in [-0.25, -0.2) is 0 Å². The number of hydrogen-bond acceptors (Lipinski definition) is 4. The lowest BCUT2D eigenvalue weighted by atomic mass is 10.2. The molecular formula is C18H14BrClN2O3. The summed E-state index contributed by atoms with van der Waals surface area (Å²) < 4.78 is 6.08. The maximum Gasteiger partial charge on any atom is 0.265 e. The second-order valence-electron chi connectivity index (χ2n) is 4.75. The van der Waals surface area contributed by atoms with E-state index in [0.29, 0.717) is 16.5 Å². The monoisotopic (exact) mass is 420 g/mol. The minimum Gasteiger partial charge on any atom is -0.480 e. The third kappa shape index (κ3) is 6.49. The number of amides is 1. The van der Waals surface area contributed by atoms with E-state index in [-0.39, 0.29) is 19.1 Å². The fraction of sp³-hybridized carbons (Fsp3) is 0.111. The number of rotatable bonds is 7. The Hall–Kier alpha value is -2.49. The van der Waals surface area contributed by atoms with Crippen molar-refractivity contribution in [2.45, 2.75) is 0 Å². The van der Waals surface area contributed by atoms with Crippen molar-refractivity contribution in [1.29, 1.82) is 0 Å². The molecule has 2 aromatic carbocycles. The molecule has 0 atom stereocenters. The second-order valence-corrected chi connectivity index (χ2v) is 6.04. The summed E-state index contributed by atoms with van der Waals surface area (Å²) in [6.07, 6.45) is 6.64. The lowest BCUT2D eigenvalue weighted by molar-refractivity contribution is -0.120. The van der Waals surface area contributed by atoms with Crippen molar-refractivity contribution in [3.05, 3.63) is 57.5 Å². The highest BCUT2D eigenvalue weighted by Crippen LogP contribution is 2.25. The molecule has 7 heteroatoms. The minimum atomic E-state index is -0.321. The molecule has 0 fully saturated rings. The van der Waals surface area contributed by atoms with Crippen molar-refractivity contribution in [3.63, 3.8) is 0 Å². The third-order valence-corrected chi connectivity index (χ3v) is 3.74. The van der Waals surface area contributed by atoms with E-state index in [2.05, 4.69) is 32.3 Å². The number of benzene rings is 2. The number of nitrogens with zero attached hydrogens (tertiary/aromatic N) is 1. The SMILES string of the molecule is C#CCOc1ccc(/C=N/OCC(=O)Nc2ccc(Cl)cc2)cc1Br. The molecule has 0 saturated heterocycles. The first-order valence-corrected chi connectivity index (χ1v) is 8.32. The Morgan fingerprint density at radius 2 is 2.08 bits per heavy atom. The van der Waals surface area contributed by atoms with Gasteiger partial charge in [-0.2, -0.15) is 0 Å². The van der Waals surface area contributed by atoms with Gasteiger partial charge in [0.25, 0.3) is 5.91 Å². The first-order valence-electron chi connectivity index (χ1n) is 7.15. The van der Waals surface area contributed by atoms with E-state index in [1.54, 1.807) is 42.5 Å². The van der Waals surface area contributed by atoms with Crippen LogP contribution in [0.5, 0.6) is 5.75 Å². The predicted octanol–water partition coefficient (Wildman–Crippen LogP) is 4.10. The van der Waals surface area contributed by atoms with E-state index in [0.717, 1.165) is 10.0 Å². The smallest absolute Gasteiger partial charge is 0.265 e. The zero-order chi connectivity index (χ0) is 18.1. The molecule has 0 radical (unpaired) electrons. The average molecular weight is 422 g/mol. The molecule has 25 heavy (non-hydrogen) atoms. The van der Waals surface area contributed by atoms with Crippen LogP contribution in [-0.4, -0.2) is 25.3 Å². The van der Waals surface area contributed by atoms with Crippen LogP contribution < -0.4 is 10.1 Å². The highest BCUT2D eigenvalue weighted by molar-refractivity contribution is 9.10. The number of terminal acetylenes is 1. The van der Waals surface area contributed by atoms with E-state index in [9.17, 15) is 4.79 Å². The number of oxime groups is 1. The average Bonchev–Trinajstić information content (AvgIpc) is 2.60. The summed E-state index contributed by atoms with van der Waals surface area (Å²) in [5.74, 6) is 2.71. The van der Waals surface area contributed by atoms with Crippen molar-refractivity contribution in [1.82, 2.24) is 0 Å². The topological polar surface area (TPSA) is 59.9 Å². The standard InChI is InChI=1S/C18H14BrClN2O3/c1-2-9-24-17-8-3-13(10-16(17)19)11-21-25-12-18(23)22-15-6-4-14(20)5-7-15/h1,3-8,10-11H,9,12H2,(H,22,23)/b21-11+. The van der Waals surface area contributed by atoms with E-state index >= 15 is 0 Å². The normalized spacial score (nSPS) is 10.3. The summed E-state index contributed by atoms with van der Waals surface area (Å²) in [4.78, 5) is 16.7. The van der Waals surface area contributed by atoms with Crippen molar-refractivity contribution in [3.8, 4) is 18.1 Å². The van der Waals surface area contributed by atoms with Crippen LogP contribution in [0.3, 0.4) is 0 Å². The van der Waals surface area contributed by atoms with Gasteiger partial charge in [-0.15, -0.1) is 6.42 Å². The Balaban J connectivity index is 1.80. The molecule has 1 amide bonds. The molecular weight excluding hydrogens is 408 g/mol. The van der Waals surface area contributed by atoms with Gasteiger partial charge in [0, 0.05) is 10.7 Å². The highest BCUT2D eigenvalue weighted by Gasteiger charge is 2.03. The summed E-state index contributed by atoms with van der Waals surface area (Å²) in [5, 5.41) is 7.03. The van der Waals surface area contributed by atoms with Gasteiger partial charge in [0.05, 0.1) is 10.7 Å². The molecule has 2 rings (SSSR count). The zero-order valence-electron chi connectivity index (χ0n) is 13.0. The van der Waals surface area contributed by atoms with Crippen LogP contribution in [0.1, 0.15) is 5.56 Å². The molecule has 0 saturated carbocycles. The van der Waals surface area contributed by atoms with Crippen LogP contribution in [0.2, 0.25) is 5.02 Å². The number of carbonyl (C=O) groups is 1. The van der Waals surface area contributed by atoms with Crippen LogP contribution in [-0.2, 0) is 9.63 Å². The lowest BCUT2D eigenvalue weighted by Crippen LogP contribution is -2.16. The Morgan fingerprint density at radius 3 is 2.76 bits per heavy atom. The summed E-state index contributed by atoms with van der Waals surface area (Å²) in [6.45, 7) is -0.0124. The van der Waals surface area contributed by atoms with Crippen molar-refractivity contribution < 1.29 is 14.4 Å². The molecule has 0 aliphatic rings. The molecule has 2 aromatic rings. The lowest BCUT2D eigenvalue weighted by Gasteiger charge is -2.05. The molecule has 0 aliphatic carbocycles. The molecule has 0 unspecified atom stereocenters. The van der Waals surface area contributed by atoms with E-state index in [4.69, 9.17) is 27.6 Å². The van der Waals surface area contributed by atoms with Gasteiger partial charge in [-0.1, -0.05) is 22.7 Å². The number of ether oxygens (including phenoxy) is 1. The fourth-order valence-corrected chi connectivity index (χ4v) is 2.40. The van der Waals surface area contributed by atoms with E-state index in [1.807, 2.05) is 0 Å². The first-order chi connectivity index (χ1) is 12.1. The van der Waals surface area contributed by atoms with Crippen LogP contribution in [0.15, 0.2) is 52.1 Å². The number of nitrogens with one attached hydrogen (secondary N) is 1. The summed E-state index contributed by atoms with van der Waals surface area (Å²) in [7, 11) is 0. The third-order valence-electron chi connectivity index (χ3n) is 2.87. The summed E-state index contributed by atoms with van der Waals surface area (Å²) in [5.41, 5.74) is 1.41. The largest absolute Gasteiger partial charge is 0.480 e. The summed E-state index contributed by atoms with van der Waals surface area (Å²) >= 11 is 9.16. The fourth-order valence-electron chi connectivity index (χ4n) is 1.76. The maximum absolute atomic E-state index is 11.7. The van der Waals surface area contributed by atoms with Gasteiger partial charge in [0.2, 0.25) is 0 Å². The molecule has 0 heterocycles. The minimum absolute atomic E-state index is 0.192. The molecule has 0 aliphatic heterocycles. The predicted molar refractivity (Wildman–Crippen MR) is 102 cm³/mol. The Bertz CT molecular complexity index is 801. The van der Waals surface area contributed by atoms with Gasteiger partial charge in [0.15, 0.2) is 6.61 Å². The first kappa shape index (κ1) is 18.8. The van der Waals surface area contributed by atoms with Crippen LogP contribution in [0.25, 0.3) is 0 Å². The van der Waals surface area contributed by atoms with Gasteiger partial charge < -0.3 is 14.9 Å². The Kier molecular flexibility index (Phi) is 7.33. The number of anilines is 1. The number of hydrogen-bond donors (Lipinski definition) is 1. The number of carbonyl (C=O) groups excluding carboxylic acids is 1. The van der Waals surface area contributed by atoms with Crippen molar-refractivity contribution in [2.24, 2.45) is 5.16 Å². The van der Waals surface area contributed by atoms with E-state index < -0.39 is 0 Å². The quantitative estimate of drug-likeness (QED) is 0.416. The molecule has 0 bridgehead atoms. The highest BCUT2D eigenvalue weighted by atomic mass is 79.9. The van der Waals surface area contributed by atoms with Gasteiger partial charge in [-0.3, -0.25) is 4.79 Å². The molecule has 0 aromatic heterocycles. The van der Waals surface area contributed by atoms with Crippen molar-refractivity contribution in [2.75, 3.05) is 18.5 Å². The second kappa shape index (κ2) is 9.72. The van der Waals surface area contributed by atoms with Crippen LogP contribution in [0, 0.1) is 12.3 Å². The molecule has 5 nitrogen and oxygen atoms in total. The van der Waals surface area contributed by atoms with Crippen molar-refractivity contribution >= 4 is 45.3 Å². The number of halogens is 2.